The summed E-state index contributed by atoms with van der Waals surface area (Å²) in [5, 5.41) is 9.70. The number of ether oxygens (including phenoxy) is 2. The van der Waals surface area contributed by atoms with E-state index in [1.807, 2.05) is 36.4 Å². The normalized spacial score (nSPS) is 14.0. The van der Waals surface area contributed by atoms with Gasteiger partial charge in [-0.15, -0.1) is 11.8 Å². The van der Waals surface area contributed by atoms with E-state index in [2.05, 4.69) is 19.9 Å². The van der Waals surface area contributed by atoms with Gasteiger partial charge in [-0.1, -0.05) is 51.0 Å². The molecule has 1 atom stereocenters. The highest BCUT2D eigenvalue weighted by atomic mass is 32.2. The third-order valence-corrected chi connectivity index (χ3v) is 7.41. The van der Waals surface area contributed by atoms with Gasteiger partial charge >= 0.3 is 5.97 Å². The van der Waals surface area contributed by atoms with Gasteiger partial charge in [0.1, 0.15) is 23.9 Å². The molecule has 1 N–H and O–H groups in total. The van der Waals surface area contributed by atoms with Crippen LogP contribution in [0.1, 0.15) is 56.6 Å². The minimum absolute atomic E-state index is 0.00429. The summed E-state index contributed by atoms with van der Waals surface area (Å²) in [6.45, 7) is 4.59. The number of benzene rings is 3. The van der Waals surface area contributed by atoms with Gasteiger partial charge in [0.05, 0.1) is 13.5 Å². The number of aliphatic carboxylic acids is 1. The summed E-state index contributed by atoms with van der Waals surface area (Å²) < 4.78 is 26.2. The standard InChI is InChI=1S/C30H33FO4S/c1-19(2)36-29-14-21(9-11-26(29)27-17-24(34-3)10-12-28(27)31)18-35-25-6-4-5-22(15-25)23(16-30(32)33)13-20-7-8-20/h4-6,9-12,14-15,17,19-20,23H,7-8,13,16,18H2,1-3H3,(H,32,33)/t23-/m0/s1. The number of carbonyl (C=O) groups is 1. The monoisotopic (exact) mass is 508 g/mol. The fraction of sp³-hybridized carbons (Fsp3) is 0.367. The Kier molecular flexibility index (Phi) is 8.57. The number of carboxylic acids is 1. The Morgan fingerprint density at radius 1 is 1.06 bits per heavy atom. The third-order valence-electron chi connectivity index (χ3n) is 6.34. The van der Waals surface area contributed by atoms with Gasteiger partial charge in [-0.05, 0) is 71.3 Å². The minimum atomic E-state index is -0.769. The zero-order valence-electron chi connectivity index (χ0n) is 21.0. The lowest BCUT2D eigenvalue weighted by Crippen LogP contribution is -2.07. The summed E-state index contributed by atoms with van der Waals surface area (Å²) >= 11 is 1.68. The number of halogens is 1. The molecular formula is C30H33FO4S. The summed E-state index contributed by atoms with van der Waals surface area (Å²) in [4.78, 5) is 12.4. The molecule has 0 saturated heterocycles. The average Bonchev–Trinajstić information content (AvgIpc) is 3.67. The second-order valence-electron chi connectivity index (χ2n) is 9.68. The summed E-state index contributed by atoms with van der Waals surface area (Å²) in [5.74, 6) is 0.925. The number of carboxylic acid groups (broad SMARTS) is 1. The second kappa shape index (κ2) is 11.8. The lowest BCUT2D eigenvalue weighted by atomic mass is 9.90. The van der Waals surface area contributed by atoms with Gasteiger partial charge in [0.25, 0.3) is 0 Å². The molecule has 0 unspecified atom stereocenters. The van der Waals surface area contributed by atoms with Crippen molar-refractivity contribution in [1.82, 2.24) is 0 Å². The number of rotatable bonds is 12. The summed E-state index contributed by atoms with van der Waals surface area (Å²) in [6, 6.07) is 18.5. The Labute approximate surface area is 216 Å². The van der Waals surface area contributed by atoms with Crippen molar-refractivity contribution in [2.45, 2.75) is 62.2 Å². The first-order valence-electron chi connectivity index (χ1n) is 12.4. The molecule has 190 valence electrons. The van der Waals surface area contributed by atoms with Crippen LogP contribution < -0.4 is 9.47 Å². The zero-order valence-corrected chi connectivity index (χ0v) is 21.8. The maximum absolute atomic E-state index is 14.7. The first-order chi connectivity index (χ1) is 17.3. The molecule has 1 aliphatic carbocycles. The van der Waals surface area contributed by atoms with Crippen molar-refractivity contribution in [3.8, 4) is 22.6 Å². The summed E-state index contributed by atoms with van der Waals surface area (Å²) in [5.41, 5.74) is 3.34. The van der Waals surface area contributed by atoms with Crippen LogP contribution in [-0.2, 0) is 11.4 Å². The molecule has 4 rings (SSSR count). The Hall–Kier alpha value is -2.99. The molecule has 0 aliphatic heterocycles. The Morgan fingerprint density at radius 3 is 2.56 bits per heavy atom. The molecule has 1 fully saturated rings. The van der Waals surface area contributed by atoms with E-state index in [4.69, 9.17) is 9.47 Å². The molecule has 0 radical (unpaired) electrons. The highest BCUT2D eigenvalue weighted by Gasteiger charge is 2.27. The third kappa shape index (κ3) is 7.03. The average molecular weight is 509 g/mol. The van der Waals surface area contributed by atoms with E-state index >= 15 is 0 Å². The van der Waals surface area contributed by atoms with Crippen LogP contribution in [0.15, 0.2) is 65.6 Å². The van der Waals surface area contributed by atoms with Crippen molar-refractivity contribution < 1.29 is 23.8 Å². The van der Waals surface area contributed by atoms with Crippen LogP contribution in [0.4, 0.5) is 4.39 Å². The lowest BCUT2D eigenvalue weighted by molar-refractivity contribution is -0.137. The van der Waals surface area contributed by atoms with Gasteiger partial charge in [0.15, 0.2) is 0 Å². The topological polar surface area (TPSA) is 55.8 Å². The first kappa shape index (κ1) is 26.1. The molecule has 0 heterocycles. The van der Waals surface area contributed by atoms with Crippen molar-refractivity contribution >= 4 is 17.7 Å². The highest BCUT2D eigenvalue weighted by molar-refractivity contribution is 8.00. The van der Waals surface area contributed by atoms with E-state index in [1.165, 1.54) is 18.9 Å². The van der Waals surface area contributed by atoms with Crippen LogP contribution in [0.5, 0.6) is 11.5 Å². The van der Waals surface area contributed by atoms with E-state index in [1.54, 1.807) is 31.0 Å². The number of hydrogen-bond donors (Lipinski definition) is 1. The van der Waals surface area contributed by atoms with Gasteiger partial charge in [0, 0.05) is 15.7 Å². The molecule has 1 saturated carbocycles. The largest absolute Gasteiger partial charge is 0.497 e. The van der Waals surface area contributed by atoms with Gasteiger partial charge in [-0.25, -0.2) is 4.39 Å². The van der Waals surface area contributed by atoms with Crippen LogP contribution in [0, 0.1) is 11.7 Å². The van der Waals surface area contributed by atoms with Gasteiger partial charge in [-0.2, -0.15) is 0 Å². The molecular weight excluding hydrogens is 475 g/mol. The smallest absolute Gasteiger partial charge is 0.303 e. The Bertz CT molecular complexity index is 1210. The first-order valence-corrected chi connectivity index (χ1v) is 13.3. The molecule has 3 aromatic rings. The van der Waals surface area contributed by atoms with Crippen LogP contribution in [0.3, 0.4) is 0 Å². The van der Waals surface area contributed by atoms with E-state index in [-0.39, 0.29) is 18.2 Å². The molecule has 3 aromatic carbocycles. The SMILES string of the molecule is COc1ccc(F)c(-c2ccc(COc3cccc([C@H](CC(=O)O)CC4CC4)c3)cc2SC(C)C)c1. The minimum Gasteiger partial charge on any atom is -0.497 e. The molecule has 0 spiro atoms. The fourth-order valence-corrected chi connectivity index (χ4v) is 5.43. The van der Waals surface area contributed by atoms with Crippen LogP contribution in [0.25, 0.3) is 11.1 Å². The van der Waals surface area contributed by atoms with E-state index in [0.29, 0.717) is 29.1 Å². The maximum atomic E-state index is 14.7. The quantitative estimate of drug-likeness (QED) is 0.252. The van der Waals surface area contributed by atoms with Crippen LogP contribution >= 0.6 is 11.8 Å². The predicted molar refractivity (Wildman–Crippen MR) is 142 cm³/mol. The molecule has 0 amide bonds. The molecule has 36 heavy (non-hydrogen) atoms. The highest BCUT2D eigenvalue weighted by Crippen LogP contribution is 2.41. The fourth-order valence-electron chi connectivity index (χ4n) is 4.40. The van der Waals surface area contributed by atoms with Crippen molar-refractivity contribution in [3.05, 3.63) is 77.6 Å². The van der Waals surface area contributed by atoms with E-state index in [9.17, 15) is 14.3 Å². The van der Waals surface area contributed by atoms with Gasteiger partial charge in [0.2, 0.25) is 0 Å². The molecule has 6 heteroatoms. The lowest BCUT2D eigenvalue weighted by Gasteiger charge is -2.17. The molecule has 0 aromatic heterocycles. The Morgan fingerprint density at radius 2 is 1.86 bits per heavy atom. The summed E-state index contributed by atoms with van der Waals surface area (Å²) in [6.07, 6.45) is 3.43. The van der Waals surface area contributed by atoms with Crippen LogP contribution in [0.2, 0.25) is 0 Å². The van der Waals surface area contributed by atoms with Gasteiger partial charge in [-0.3, -0.25) is 4.79 Å². The van der Waals surface area contributed by atoms with E-state index < -0.39 is 5.97 Å². The maximum Gasteiger partial charge on any atom is 0.303 e. The van der Waals surface area contributed by atoms with Crippen molar-refractivity contribution in [3.63, 3.8) is 0 Å². The molecule has 0 bridgehead atoms. The van der Waals surface area contributed by atoms with E-state index in [0.717, 1.165) is 33.8 Å². The van der Waals surface area contributed by atoms with Crippen molar-refractivity contribution in [2.75, 3.05) is 7.11 Å². The number of hydrogen-bond acceptors (Lipinski definition) is 4. The number of methoxy groups -OCH3 is 1. The van der Waals surface area contributed by atoms with Crippen molar-refractivity contribution in [2.24, 2.45) is 5.92 Å². The zero-order chi connectivity index (χ0) is 25.7. The second-order valence-corrected chi connectivity index (χ2v) is 11.3. The summed E-state index contributed by atoms with van der Waals surface area (Å²) in [7, 11) is 1.58. The molecule has 4 nitrogen and oxygen atoms in total. The molecule has 1 aliphatic rings. The number of thioether (sulfide) groups is 1. The Balaban J connectivity index is 1.54. The predicted octanol–water partition coefficient (Wildman–Crippen LogP) is 7.94. The van der Waals surface area contributed by atoms with Crippen LogP contribution in [-0.4, -0.2) is 23.4 Å². The van der Waals surface area contributed by atoms with Gasteiger partial charge < -0.3 is 14.6 Å². The van der Waals surface area contributed by atoms with Crippen molar-refractivity contribution in [1.29, 1.82) is 0 Å².